The van der Waals surface area contributed by atoms with Gasteiger partial charge in [0.15, 0.2) is 5.76 Å². The Morgan fingerprint density at radius 2 is 2.19 bits per heavy atom. The smallest absolute Gasteiger partial charge is 0.373 e. The van der Waals surface area contributed by atoms with E-state index in [1.165, 1.54) is 12.7 Å². The second-order valence-electron chi connectivity index (χ2n) is 3.55. The summed E-state index contributed by atoms with van der Waals surface area (Å²) in [4.78, 5) is 11.2. The molecule has 16 heavy (non-hydrogen) atoms. The lowest BCUT2D eigenvalue weighted by atomic mass is 10.1. The van der Waals surface area contributed by atoms with Crippen molar-refractivity contribution in [3.8, 4) is 0 Å². The van der Waals surface area contributed by atoms with Crippen molar-refractivity contribution >= 4 is 5.97 Å². The van der Waals surface area contributed by atoms with Gasteiger partial charge in [0, 0.05) is 12.8 Å². The zero-order valence-corrected chi connectivity index (χ0v) is 10.9. The van der Waals surface area contributed by atoms with E-state index in [-0.39, 0.29) is 12.1 Å². The van der Waals surface area contributed by atoms with Gasteiger partial charge in [0.25, 0.3) is 0 Å². The summed E-state index contributed by atoms with van der Waals surface area (Å²) in [6, 6.07) is 0. The second-order valence-corrected chi connectivity index (χ2v) is 3.55. The Morgan fingerprint density at radius 1 is 1.56 bits per heavy atom. The molecule has 0 bridgehead atoms. The van der Waals surface area contributed by atoms with Crippen molar-refractivity contribution in [3.05, 3.63) is 23.5 Å². The minimum absolute atomic E-state index is 0.0312. The van der Waals surface area contributed by atoms with E-state index in [4.69, 9.17) is 9.47 Å². The molecule has 0 aromatic heterocycles. The minimum Gasteiger partial charge on any atom is -0.490 e. The molecule has 1 unspecified atom stereocenters. The van der Waals surface area contributed by atoms with Crippen LogP contribution in [0.15, 0.2) is 23.5 Å². The van der Waals surface area contributed by atoms with E-state index in [2.05, 4.69) is 6.08 Å². The van der Waals surface area contributed by atoms with Gasteiger partial charge in [-0.15, -0.1) is 0 Å². The number of hydrogen-bond acceptors (Lipinski definition) is 3. The van der Waals surface area contributed by atoms with Crippen molar-refractivity contribution in [2.24, 2.45) is 0 Å². The third-order valence-electron chi connectivity index (χ3n) is 2.05. The molecule has 0 N–H and O–H groups in total. The predicted octanol–water partition coefficient (Wildman–Crippen LogP) is 3.21. The van der Waals surface area contributed by atoms with E-state index in [0.29, 0.717) is 5.76 Å². The van der Waals surface area contributed by atoms with Gasteiger partial charge in [0.2, 0.25) is 0 Å². The highest BCUT2D eigenvalue weighted by Crippen LogP contribution is 2.17. The zero-order chi connectivity index (χ0) is 12.6. The molecular weight excluding hydrogens is 204 g/mol. The number of hydrogen-bond donors (Lipinski definition) is 0. The molecule has 0 fully saturated rings. The van der Waals surface area contributed by atoms with Crippen LogP contribution < -0.4 is 0 Å². The number of methoxy groups -OCH3 is 1. The van der Waals surface area contributed by atoms with Crippen LogP contribution >= 0.6 is 0 Å². The van der Waals surface area contributed by atoms with Crippen molar-refractivity contribution in [2.45, 2.75) is 46.6 Å². The fraction of sp³-hybridized carbons (Fsp3) is 0.615. The molecule has 1 aliphatic heterocycles. The molecule has 1 atom stereocenters. The molecule has 1 rings (SSSR count). The number of rotatable bonds is 3. The monoisotopic (exact) mass is 226 g/mol. The van der Waals surface area contributed by atoms with Crippen molar-refractivity contribution in [1.82, 2.24) is 0 Å². The highest BCUT2D eigenvalue weighted by atomic mass is 16.6. The van der Waals surface area contributed by atoms with Crippen molar-refractivity contribution in [3.63, 3.8) is 0 Å². The van der Waals surface area contributed by atoms with E-state index in [1.807, 2.05) is 27.7 Å². The summed E-state index contributed by atoms with van der Waals surface area (Å²) >= 11 is 0. The highest BCUT2D eigenvalue weighted by Gasteiger charge is 2.22. The van der Waals surface area contributed by atoms with Crippen LogP contribution in [0.3, 0.4) is 0 Å². The van der Waals surface area contributed by atoms with Crippen LogP contribution in [0.1, 0.15) is 40.5 Å². The molecule has 1 heterocycles. The standard InChI is InChI=1S/C11H16O3.C2H6/c1-8(2)4-5-9-6-7-10(13-3)11(12)14-9;1-2/h4,7,9H,5-6H2,1-3H3;1-2H3. The number of allylic oxidation sites excluding steroid dienone is 1. The topological polar surface area (TPSA) is 35.5 Å². The quantitative estimate of drug-likeness (QED) is 0.547. The molecule has 0 radical (unpaired) electrons. The maximum Gasteiger partial charge on any atom is 0.373 e. The third kappa shape index (κ3) is 5.01. The molecule has 0 saturated carbocycles. The lowest BCUT2D eigenvalue weighted by Crippen LogP contribution is -2.23. The van der Waals surface area contributed by atoms with Crippen LogP contribution in [0.25, 0.3) is 0 Å². The minimum atomic E-state index is -0.356. The zero-order valence-electron chi connectivity index (χ0n) is 10.9. The van der Waals surface area contributed by atoms with Gasteiger partial charge in [-0.2, -0.15) is 0 Å². The molecule has 1 aliphatic rings. The fourth-order valence-corrected chi connectivity index (χ4v) is 1.26. The summed E-state index contributed by atoms with van der Waals surface area (Å²) in [5, 5.41) is 0. The van der Waals surface area contributed by atoms with Crippen LogP contribution in [0, 0.1) is 0 Å². The van der Waals surface area contributed by atoms with E-state index in [0.717, 1.165) is 12.8 Å². The largest absolute Gasteiger partial charge is 0.490 e. The number of cyclic esters (lactones) is 1. The van der Waals surface area contributed by atoms with E-state index >= 15 is 0 Å². The Balaban J connectivity index is 0.00000106. The van der Waals surface area contributed by atoms with E-state index < -0.39 is 0 Å². The summed E-state index contributed by atoms with van der Waals surface area (Å²) in [5.74, 6) is -0.0376. The fourth-order valence-electron chi connectivity index (χ4n) is 1.26. The van der Waals surface area contributed by atoms with Gasteiger partial charge in [0.1, 0.15) is 6.10 Å². The molecule has 0 amide bonds. The summed E-state index contributed by atoms with van der Waals surface area (Å²) in [7, 11) is 1.48. The average Bonchev–Trinajstić information content (AvgIpc) is 2.29. The Bertz CT molecular complexity index is 273. The van der Waals surface area contributed by atoms with Gasteiger partial charge >= 0.3 is 5.97 Å². The molecular formula is C13H22O3. The normalized spacial score (nSPS) is 18.7. The SMILES string of the molecule is CC.COC1=CCC(CC=C(C)C)OC1=O. The Kier molecular flexibility index (Phi) is 7.34. The first-order chi connectivity index (χ1) is 7.63. The molecule has 0 aromatic carbocycles. The van der Waals surface area contributed by atoms with E-state index in [9.17, 15) is 4.79 Å². The second kappa shape index (κ2) is 7.97. The van der Waals surface area contributed by atoms with Gasteiger partial charge in [-0.3, -0.25) is 0 Å². The number of carbonyl (C=O) groups excluding carboxylic acids is 1. The summed E-state index contributed by atoms with van der Waals surface area (Å²) in [6.45, 7) is 8.06. The van der Waals surface area contributed by atoms with Gasteiger partial charge in [-0.05, 0) is 19.9 Å². The maximum absolute atomic E-state index is 11.2. The molecule has 0 spiro atoms. The first-order valence-corrected chi connectivity index (χ1v) is 5.72. The first kappa shape index (κ1) is 14.8. The summed E-state index contributed by atoms with van der Waals surface area (Å²) in [5.41, 5.74) is 1.24. The predicted molar refractivity (Wildman–Crippen MR) is 65.0 cm³/mol. The van der Waals surface area contributed by atoms with Crippen LogP contribution in [-0.4, -0.2) is 19.2 Å². The maximum atomic E-state index is 11.2. The Labute approximate surface area is 98.1 Å². The van der Waals surface area contributed by atoms with Crippen LogP contribution in [0.4, 0.5) is 0 Å². The first-order valence-electron chi connectivity index (χ1n) is 5.72. The van der Waals surface area contributed by atoms with Gasteiger partial charge < -0.3 is 9.47 Å². The third-order valence-corrected chi connectivity index (χ3v) is 2.05. The van der Waals surface area contributed by atoms with Crippen molar-refractivity contribution in [1.29, 1.82) is 0 Å². The highest BCUT2D eigenvalue weighted by molar-refractivity contribution is 5.87. The molecule has 0 aromatic rings. The molecule has 0 aliphatic carbocycles. The number of esters is 1. The molecule has 3 nitrogen and oxygen atoms in total. The van der Waals surface area contributed by atoms with Crippen LogP contribution in [0.2, 0.25) is 0 Å². The number of carbonyl (C=O) groups is 1. The van der Waals surface area contributed by atoms with Crippen LogP contribution in [-0.2, 0) is 14.3 Å². The summed E-state index contributed by atoms with van der Waals surface area (Å²) < 4.78 is 10.0. The molecule has 0 saturated heterocycles. The van der Waals surface area contributed by atoms with Gasteiger partial charge in [-0.1, -0.05) is 25.5 Å². The van der Waals surface area contributed by atoms with Gasteiger partial charge in [0.05, 0.1) is 7.11 Å². The van der Waals surface area contributed by atoms with Gasteiger partial charge in [-0.25, -0.2) is 4.79 Å². The lowest BCUT2D eigenvalue weighted by Gasteiger charge is -2.20. The van der Waals surface area contributed by atoms with E-state index in [1.54, 1.807) is 6.08 Å². The Hall–Kier alpha value is -1.25. The molecule has 92 valence electrons. The molecule has 3 heteroatoms. The summed E-state index contributed by atoms with van der Waals surface area (Å²) in [6.07, 6.45) is 5.34. The van der Waals surface area contributed by atoms with Crippen molar-refractivity contribution < 1.29 is 14.3 Å². The van der Waals surface area contributed by atoms with Crippen molar-refractivity contribution in [2.75, 3.05) is 7.11 Å². The van der Waals surface area contributed by atoms with Crippen LogP contribution in [0.5, 0.6) is 0 Å². The lowest BCUT2D eigenvalue weighted by molar-refractivity contribution is -0.149. The Morgan fingerprint density at radius 3 is 2.62 bits per heavy atom. The number of ether oxygens (including phenoxy) is 2. The average molecular weight is 226 g/mol.